The second-order valence-electron chi connectivity index (χ2n) is 7.05. The average Bonchev–Trinajstić information content (AvgIpc) is 3.38. The number of unbranched alkanes of at least 4 members (excludes halogenated alkanes) is 14. The van der Waals surface area contributed by atoms with Gasteiger partial charge in [0.2, 0.25) is 0 Å². The van der Waals surface area contributed by atoms with Crippen molar-refractivity contribution in [3.05, 3.63) is 12.3 Å². The summed E-state index contributed by atoms with van der Waals surface area (Å²) in [5.41, 5.74) is 0. The normalized spacial score (nSPS) is 17.0. The van der Waals surface area contributed by atoms with Crippen LogP contribution in [0.2, 0.25) is 0 Å². The molecule has 0 N–H and O–H groups in total. The van der Waals surface area contributed by atoms with Crippen molar-refractivity contribution in [1.29, 1.82) is 0 Å². The Bertz CT molecular complexity index is 259. The molecule has 0 aromatic rings. The molecule has 0 radical (unpaired) electrons. The van der Waals surface area contributed by atoms with Gasteiger partial charge in [0.05, 0.1) is 12.9 Å². The SMILES string of the molecule is CCCCCCCCCCCCCCCC/C=C/OCC1CO1. The van der Waals surface area contributed by atoms with Gasteiger partial charge in [-0.3, -0.25) is 0 Å². The minimum atomic E-state index is 0.376. The van der Waals surface area contributed by atoms with Crippen molar-refractivity contribution in [2.75, 3.05) is 13.2 Å². The number of hydrogen-bond donors (Lipinski definition) is 0. The number of rotatable bonds is 18. The van der Waals surface area contributed by atoms with Crippen LogP contribution in [0.15, 0.2) is 12.3 Å². The van der Waals surface area contributed by atoms with Gasteiger partial charge >= 0.3 is 0 Å². The minimum absolute atomic E-state index is 0.376. The van der Waals surface area contributed by atoms with Gasteiger partial charge in [-0.25, -0.2) is 0 Å². The summed E-state index contributed by atoms with van der Waals surface area (Å²) in [6.07, 6.45) is 25.5. The second-order valence-corrected chi connectivity index (χ2v) is 7.05. The standard InChI is InChI=1S/C21H40O2/c1-2-3-4-5-6-7-8-9-10-11-12-13-14-15-16-17-18-22-19-21-20-23-21/h17-18,21H,2-16,19-20H2,1H3/b18-17+. The minimum Gasteiger partial charge on any atom is -0.499 e. The molecule has 0 spiro atoms. The molecule has 1 atom stereocenters. The number of epoxide rings is 1. The third-order valence-electron chi connectivity index (χ3n) is 4.60. The maximum absolute atomic E-state index is 5.37. The van der Waals surface area contributed by atoms with Gasteiger partial charge in [0, 0.05) is 0 Å². The van der Waals surface area contributed by atoms with E-state index in [9.17, 15) is 0 Å². The van der Waals surface area contributed by atoms with Gasteiger partial charge in [0.1, 0.15) is 12.7 Å². The summed E-state index contributed by atoms with van der Waals surface area (Å²) in [5, 5.41) is 0. The van der Waals surface area contributed by atoms with Crippen LogP contribution < -0.4 is 0 Å². The largest absolute Gasteiger partial charge is 0.499 e. The van der Waals surface area contributed by atoms with Crippen molar-refractivity contribution in [1.82, 2.24) is 0 Å². The predicted molar refractivity (Wildman–Crippen MR) is 99.8 cm³/mol. The Labute approximate surface area is 145 Å². The smallest absolute Gasteiger partial charge is 0.116 e. The first-order chi connectivity index (χ1) is 11.4. The van der Waals surface area contributed by atoms with E-state index < -0.39 is 0 Å². The molecule has 2 heteroatoms. The van der Waals surface area contributed by atoms with E-state index in [0.717, 1.165) is 19.6 Å². The Balaban J connectivity index is 1.63. The summed E-state index contributed by atoms with van der Waals surface area (Å²) in [4.78, 5) is 0. The summed E-state index contributed by atoms with van der Waals surface area (Å²) in [6, 6.07) is 0. The summed E-state index contributed by atoms with van der Waals surface area (Å²) >= 11 is 0. The first-order valence-electron chi connectivity index (χ1n) is 10.3. The first-order valence-corrected chi connectivity index (χ1v) is 10.3. The Kier molecular flexibility index (Phi) is 14.6. The molecule has 2 nitrogen and oxygen atoms in total. The molecular formula is C21H40O2. The van der Waals surface area contributed by atoms with Gasteiger partial charge in [-0.05, 0) is 18.9 Å². The molecule has 136 valence electrons. The molecule has 0 aromatic heterocycles. The molecule has 1 fully saturated rings. The molecule has 1 rings (SSSR count). The summed E-state index contributed by atoms with van der Waals surface area (Å²) < 4.78 is 10.5. The third kappa shape index (κ3) is 16.1. The summed E-state index contributed by atoms with van der Waals surface area (Å²) in [6.45, 7) is 3.90. The Morgan fingerprint density at radius 1 is 0.783 bits per heavy atom. The van der Waals surface area contributed by atoms with E-state index in [1.807, 2.05) is 6.26 Å². The van der Waals surface area contributed by atoms with E-state index in [1.165, 1.54) is 89.9 Å². The fourth-order valence-electron chi connectivity index (χ4n) is 2.92. The van der Waals surface area contributed by atoms with E-state index in [-0.39, 0.29) is 0 Å². The molecule has 0 bridgehead atoms. The highest BCUT2D eigenvalue weighted by atomic mass is 16.6. The third-order valence-corrected chi connectivity index (χ3v) is 4.60. The van der Waals surface area contributed by atoms with Gasteiger partial charge in [-0.2, -0.15) is 0 Å². The van der Waals surface area contributed by atoms with Crippen LogP contribution in [0, 0.1) is 0 Å². The molecular weight excluding hydrogens is 284 g/mol. The molecule has 0 saturated carbocycles. The van der Waals surface area contributed by atoms with Gasteiger partial charge in [-0.1, -0.05) is 90.4 Å². The fraction of sp³-hybridized carbons (Fsp3) is 0.905. The van der Waals surface area contributed by atoms with Gasteiger partial charge in [0.25, 0.3) is 0 Å². The molecule has 0 amide bonds. The van der Waals surface area contributed by atoms with Crippen LogP contribution in [-0.4, -0.2) is 19.3 Å². The average molecular weight is 325 g/mol. The fourth-order valence-corrected chi connectivity index (χ4v) is 2.92. The maximum atomic E-state index is 5.37. The van der Waals surface area contributed by atoms with Crippen molar-refractivity contribution < 1.29 is 9.47 Å². The van der Waals surface area contributed by atoms with E-state index in [1.54, 1.807) is 0 Å². The zero-order valence-corrected chi connectivity index (χ0v) is 15.6. The topological polar surface area (TPSA) is 21.8 Å². The van der Waals surface area contributed by atoms with Gasteiger partial charge in [-0.15, -0.1) is 0 Å². The Hall–Kier alpha value is -0.500. The lowest BCUT2D eigenvalue weighted by Gasteiger charge is -2.02. The molecule has 0 aromatic carbocycles. The number of ether oxygens (including phenoxy) is 2. The lowest BCUT2D eigenvalue weighted by atomic mass is 10.0. The molecule has 1 unspecified atom stereocenters. The zero-order valence-electron chi connectivity index (χ0n) is 15.6. The van der Waals surface area contributed by atoms with Crippen molar-refractivity contribution in [3.8, 4) is 0 Å². The molecule has 1 aliphatic rings. The lowest BCUT2D eigenvalue weighted by Crippen LogP contribution is -1.94. The van der Waals surface area contributed by atoms with Crippen LogP contribution in [0.5, 0.6) is 0 Å². The van der Waals surface area contributed by atoms with Crippen LogP contribution >= 0.6 is 0 Å². The monoisotopic (exact) mass is 324 g/mol. The summed E-state index contributed by atoms with van der Waals surface area (Å²) in [5.74, 6) is 0. The van der Waals surface area contributed by atoms with Crippen LogP contribution in [0.1, 0.15) is 103 Å². The lowest BCUT2D eigenvalue weighted by molar-refractivity contribution is 0.211. The van der Waals surface area contributed by atoms with Crippen molar-refractivity contribution in [2.24, 2.45) is 0 Å². The molecule has 1 aliphatic heterocycles. The van der Waals surface area contributed by atoms with Crippen LogP contribution in [0.3, 0.4) is 0 Å². The second kappa shape index (κ2) is 16.4. The van der Waals surface area contributed by atoms with Crippen LogP contribution in [0.4, 0.5) is 0 Å². The molecule has 1 saturated heterocycles. The van der Waals surface area contributed by atoms with Gasteiger partial charge in [0.15, 0.2) is 0 Å². The first kappa shape index (κ1) is 20.5. The van der Waals surface area contributed by atoms with Crippen molar-refractivity contribution in [2.45, 2.75) is 109 Å². The Morgan fingerprint density at radius 2 is 1.26 bits per heavy atom. The highest BCUT2D eigenvalue weighted by Gasteiger charge is 2.22. The van der Waals surface area contributed by atoms with Gasteiger partial charge < -0.3 is 9.47 Å². The highest BCUT2D eigenvalue weighted by molar-refractivity contribution is 4.75. The van der Waals surface area contributed by atoms with E-state index in [0.29, 0.717) is 6.10 Å². The van der Waals surface area contributed by atoms with Crippen molar-refractivity contribution >= 4 is 0 Å². The highest BCUT2D eigenvalue weighted by Crippen LogP contribution is 2.13. The van der Waals surface area contributed by atoms with Crippen LogP contribution in [-0.2, 0) is 9.47 Å². The maximum Gasteiger partial charge on any atom is 0.116 e. The van der Waals surface area contributed by atoms with E-state index in [2.05, 4.69) is 13.0 Å². The van der Waals surface area contributed by atoms with Crippen LogP contribution in [0.25, 0.3) is 0 Å². The quantitative estimate of drug-likeness (QED) is 0.157. The van der Waals surface area contributed by atoms with Crippen molar-refractivity contribution in [3.63, 3.8) is 0 Å². The van der Waals surface area contributed by atoms with E-state index in [4.69, 9.17) is 9.47 Å². The zero-order chi connectivity index (χ0) is 16.4. The molecule has 1 heterocycles. The van der Waals surface area contributed by atoms with E-state index >= 15 is 0 Å². The molecule has 0 aliphatic carbocycles. The Morgan fingerprint density at radius 3 is 1.74 bits per heavy atom. The predicted octanol–water partition coefficient (Wildman–Crippen LogP) is 6.79. The number of hydrogen-bond acceptors (Lipinski definition) is 2. The molecule has 23 heavy (non-hydrogen) atoms. The number of allylic oxidation sites excluding steroid dienone is 1. The summed E-state index contributed by atoms with van der Waals surface area (Å²) in [7, 11) is 0.